The molecule has 64 valence electrons. The van der Waals surface area contributed by atoms with Gasteiger partial charge in [0.15, 0.2) is 0 Å². The van der Waals surface area contributed by atoms with Gasteiger partial charge >= 0.3 is 5.97 Å². The maximum Gasteiger partial charge on any atom is 0.319 e. The molecule has 0 aromatic heterocycles. The Kier molecular flexibility index (Phi) is 2.47. The molecule has 0 saturated heterocycles. The SMILES string of the molecule is CCC(C)SC1(C(=O)O)CC1. The van der Waals surface area contributed by atoms with Crippen molar-refractivity contribution in [3.05, 3.63) is 0 Å². The van der Waals surface area contributed by atoms with E-state index in [1.54, 1.807) is 11.8 Å². The Morgan fingerprint density at radius 2 is 2.27 bits per heavy atom. The van der Waals surface area contributed by atoms with E-state index in [0.29, 0.717) is 5.25 Å². The van der Waals surface area contributed by atoms with E-state index >= 15 is 0 Å². The number of rotatable bonds is 4. The van der Waals surface area contributed by atoms with Crippen molar-refractivity contribution in [2.75, 3.05) is 0 Å². The summed E-state index contributed by atoms with van der Waals surface area (Å²) in [7, 11) is 0. The molecule has 1 saturated carbocycles. The van der Waals surface area contributed by atoms with Gasteiger partial charge in [0.1, 0.15) is 4.75 Å². The third kappa shape index (κ3) is 1.89. The van der Waals surface area contributed by atoms with Crippen LogP contribution >= 0.6 is 11.8 Å². The zero-order valence-electron chi connectivity index (χ0n) is 6.96. The first-order valence-corrected chi connectivity index (χ1v) is 4.90. The molecule has 0 amide bonds. The predicted molar refractivity (Wildman–Crippen MR) is 46.9 cm³/mol. The highest BCUT2D eigenvalue weighted by molar-refractivity contribution is 8.02. The van der Waals surface area contributed by atoms with Crippen molar-refractivity contribution in [1.82, 2.24) is 0 Å². The Hall–Kier alpha value is -0.180. The maximum absolute atomic E-state index is 10.7. The first kappa shape index (κ1) is 8.91. The van der Waals surface area contributed by atoms with Crippen molar-refractivity contribution in [2.45, 2.75) is 43.1 Å². The monoisotopic (exact) mass is 174 g/mol. The van der Waals surface area contributed by atoms with Crippen molar-refractivity contribution < 1.29 is 9.90 Å². The molecule has 2 nitrogen and oxygen atoms in total. The highest BCUT2D eigenvalue weighted by atomic mass is 32.2. The fourth-order valence-electron chi connectivity index (χ4n) is 0.964. The molecule has 1 aliphatic carbocycles. The van der Waals surface area contributed by atoms with Crippen LogP contribution in [-0.4, -0.2) is 21.1 Å². The molecule has 0 radical (unpaired) electrons. The highest BCUT2D eigenvalue weighted by Gasteiger charge is 2.51. The number of carbonyl (C=O) groups is 1. The summed E-state index contributed by atoms with van der Waals surface area (Å²) >= 11 is 1.62. The third-order valence-electron chi connectivity index (χ3n) is 2.10. The van der Waals surface area contributed by atoms with Gasteiger partial charge in [-0.15, -0.1) is 11.8 Å². The van der Waals surface area contributed by atoms with Gasteiger partial charge in [0.25, 0.3) is 0 Å². The van der Waals surface area contributed by atoms with Crippen molar-refractivity contribution in [3.63, 3.8) is 0 Å². The number of hydrogen-bond donors (Lipinski definition) is 1. The van der Waals surface area contributed by atoms with Crippen LogP contribution in [0.2, 0.25) is 0 Å². The molecule has 0 aromatic carbocycles. The minimum Gasteiger partial charge on any atom is -0.480 e. The molecule has 1 aliphatic rings. The number of carboxylic acid groups (broad SMARTS) is 1. The van der Waals surface area contributed by atoms with E-state index < -0.39 is 10.7 Å². The lowest BCUT2D eigenvalue weighted by molar-refractivity contribution is -0.137. The minimum atomic E-state index is -0.622. The first-order valence-electron chi connectivity index (χ1n) is 4.02. The Labute approximate surface area is 71.4 Å². The van der Waals surface area contributed by atoms with Gasteiger partial charge in [-0.2, -0.15) is 0 Å². The van der Waals surface area contributed by atoms with Crippen molar-refractivity contribution in [2.24, 2.45) is 0 Å². The number of thioether (sulfide) groups is 1. The number of hydrogen-bond acceptors (Lipinski definition) is 2. The average Bonchev–Trinajstić information content (AvgIpc) is 2.69. The van der Waals surface area contributed by atoms with Gasteiger partial charge in [0, 0.05) is 5.25 Å². The topological polar surface area (TPSA) is 37.3 Å². The van der Waals surface area contributed by atoms with Crippen LogP contribution in [0.4, 0.5) is 0 Å². The molecule has 0 bridgehead atoms. The zero-order chi connectivity index (χ0) is 8.48. The second kappa shape index (κ2) is 3.05. The van der Waals surface area contributed by atoms with E-state index in [9.17, 15) is 4.79 Å². The zero-order valence-corrected chi connectivity index (χ0v) is 7.78. The van der Waals surface area contributed by atoms with Crippen molar-refractivity contribution >= 4 is 17.7 Å². The average molecular weight is 174 g/mol. The van der Waals surface area contributed by atoms with Crippen LogP contribution < -0.4 is 0 Å². The van der Waals surface area contributed by atoms with E-state index in [1.807, 2.05) is 0 Å². The normalized spacial score (nSPS) is 22.7. The molecule has 1 fully saturated rings. The largest absolute Gasteiger partial charge is 0.480 e. The van der Waals surface area contributed by atoms with E-state index in [4.69, 9.17) is 5.11 Å². The molecule has 0 aliphatic heterocycles. The highest BCUT2D eigenvalue weighted by Crippen LogP contribution is 2.50. The van der Waals surface area contributed by atoms with E-state index in [2.05, 4.69) is 13.8 Å². The fraction of sp³-hybridized carbons (Fsp3) is 0.875. The Balaban J connectivity index is 2.41. The van der Waals surface area contributed by atoms with Gasteiger partial charge in [-0.25, -0.2) is 0 Å². The van der Waals surface area contributed by atoms with Gasteiger partial charge < -0.3 is 5.11 Å². The molecule has 1 N–H and O–H groups in total. The second-order valence-electron chi connectivity index (χ2n) is 3.14. The Bertz CT molecular complexity index is 163. The number of carboxylic acids is 1. The van der Waals surface area contributed by atoms with E-state index in [-0.39, 0.29) is 0 Å². The molecule has 3 heteroatoms. The van der Waals surface area contributed by atoms with E-state index in [0.717, 1.165) is 19.3 Å². The van der Waals surface area contributed by atoms with Gasteiger partial charge in [0.05, 0.1) is 0 Å². The van der Waals surface area contributed by atoms with Gasteiger partial charge in [0.2, 0.25) is 0 Å². The van der Waals surface area contributed by atoms with E-state index in [1.165, 1.54) is 0 Å². The molecule has 1 atom stereocenters. The molecule has 1 unspecified atom stereocenters. The molecule has 11 heavy (non-hydrogen) atoms. The molecule has 0 spiro atoms. The first-order chi connectivity index (χ1) is 5.10. The van der Waals surface area contributed by atoms with Crippen LogP contribution in [0.5, 0.6) is 0 Å². The van der Waals surface area contributed by atoms with Gasteiger partial charge in [-0.3, -0.25) is 4.79 Å². The molecule has 1 rings (SSSR count). The molecular weight excluding hydrogens is 160 g/mol. The van der Waals surface area contributed by atoms with Crippen LogP contribution in [0, 0.1) is 0 Å². The molecule has 0 heterocycles. The molecule has 0 aromatic rings. The summed E-state index contributed by atoms with van der Waals surface area (Å²) in [5.41, 5.74) is 0. The standard InChI is InChI=1S/C8H14O2S/c1-3-6(2)11-8(4-5-8)7(9)10/h6H,3-5H2,1-2H3,(H,9,10). The lowest BCUT2D eigenvalue weighted by Gasteiger charge is -2.13. The summed E-state index contributed by atoms with van der Waals surface area (Å²) in [5, 5.41) is 9.31. The minimum absolute atomic E-state index is 0.393. The van der Waals surface area contributed by atoms with Crippen LogP contribution in [0.1, 0.15) is 33.1 Å². The van der Waals surface area contributed by atoms with Crippen LogP contribution in [-0.2, 0) is 4.79 Å². The maximum atomic E-state index is 10.7. The summed E-state index contributed by atoms with van der Waals surface area (Å²) in [6, 6.07) is 0. The lowest BCUT2D eigenvalue weighted by Crippen LogP contribution is -2.20. The quantitative estimate of drug-likeness (QED) is 0.709. The van der Waals surface area contributed by atoms with Gasteiger partial charge in [-0.1, -0.05) is 13.8 Å². The van der Waals surface area contributed by atoms with Crippen LogP contribution in [0.25, 0.3) is 0 Å². The predicted octanol–water partition coefficient (Wildman–Crippen LogP) is 2.14. The number of aliphatic carboxylic acids is 1. The van der Waals surface area contributed by atoms with Gasteiger partial charge in [-0.05, 0) is 19.3 Å². The van der Waals surface area contributed by atoms with Crippen LogP contribution in [0.15, 0.2) is 0 Å². The van der Waals surface area contributed by atoms with Crippen LogP contribution in [0.3, 0.4) is 0 Å². The fourth-order valence-corrected chi connectivity index (χ4v) is 2.34. The summed E-state index contributed by atoms with van der Waals surface area (Å²) < 4.78 is -0.393. The summed E-state index contributed by atoms with van der Waals surface area (Å²) in [6.07, 6.45) is 2.77. The van der Waals surface area contributed by atoms with Crippen molar-refractivity contribution in [1.29, 1.82) is 0 Å². The molecular formula is C8H14O2S. The Morgan fingerprint density at radius 3 is 2.55 bits per heavy atom. The third-order valence-corrected chi connectivity index (χ3v) is 3.87. The smallest absolute Gasteiger partial charge is 0.319 e. The lowest BCUT2D eigenvalue weighted by atomic mass is 10.4. The van der Waals surface area contributed by atoms with Crippen molar-refractivity contribution in [3.8, 4) is 0 Å². The summed E-state index contributed by atoms with van der Waals surface area (Å²) in [6.45, 7) is 4.18. The second-order valence-corrected chi connectivity index (χ2v) is 4.96. The summed E-state index contributed by atoms with van der Waals surface area (Å²) in [5.74, 6) is -0.622. The summed E-state index contributed by atoms with van der Waals surface area (Å²) in [4.78, 5) is 10.7. The Morgan fingerprint density at radius 1 is 1.73 bits per heavy atom.